The Bertz CT molecular complexity index is 856. The third-order valence-corrected chi connectivity index (χ3v) is 3.06. The first-order valence-electron chi connectivity index (χ1n) is 6.58. The summed E-state index contributed by atoms with van der Waals surface area (Å²) >= 11 is 0. The number of carbonyl (C=O) groups excluding carboxylic acids is 2. The first-order chi connectivity index (χ1) is 10.6. The Kier molecular flexibility index (Phi) is 3.53. The van der Waals surface area contributed by atoms with E-state index in [-0.39, 0.29) is 11.4 Å². The molecule has 22 heavy (non-hydrogen) atoms. The van der Waals surface area contributed by atoms with Gasteiger partial charge < -0.3 is 4.57 Å². The standard InChI is InChI=1S/C15H13N5O2/c1-20-8-13(16-9-20)15(22)19-18-14(21)12-7-6-10-4-2-3-5-11(10)17-12/h2-9H,1H3,(H,18,21)(H,19,22). The summed E-state index contributed by atoms with van der Waals surface area (Å²) < 4.78 is 1.64. The largest absolute Gasteiger partial charge is 0.340 e. The molecule has 0 radical (unpaired) electrons. The Morgan fingerprint density at radius 3 is 2.45 bits per heavy atom. The second kappa shape index (κ2) is 5.65. The lowest BCUT2D eigenvalue weighted by Gasteiger charge is -2.06. The highest BCUT2D eigenvalue weighted by molar-refractivity contribution is 5.98. The minimum Gasteiger partial charge on any atom is -0.340 e. The van der Waals surface area contributed by atoms with Crippen LogP contribution in [-0.4, -0.2) is 26.3 Å². The van der Waals surface area contributed by atoms with E-state index in [0.717, 1.165) is 5.39 Å². The number of aromatic nitrogens is 3. The molecule has 110 valence electrons. The molecule has 3 rings (SSSR count). The number of nitrogens with zero attached hydrogens (tertiary/aromatic N) is 3. The predicted octanol–water partition coefficient (Wildman–Crippen LogP) is 1.04. The number of carbonyl (C=O) groups is 2. The quantitative estimate of drug-likeness (QED) is 0.691. The highest BCUT2D eigenvalue weighted by Crippen LogP contribution is 2.11. The number of para-hydroxylation sites is 1. The van der Waals surface area contributed by atoms with Crippen molar-refractivity contribution in [2.45, 2.75) is 0 Å². The average molecular weight is 295 g/mol. The van der Waals surface area contributed by atoms with Crippen LogP contribution in [0.25, 0.3) is 10.9 Å². The number of hydrazine groups is 1. The average Bonchev–Trinajstić information content (AvgIpc) is 2.98. The van der Waals surface area contributed by atoms with E-state index in [9.17, 15) is 9.59 Å². The minimum atomic E-state index is -0.491. The number of benzene rings is 1. The third-order valence-electron chi connectivity index (χ3n) is 3.06. The molecular weight excluding hydrogens is 282 g/mol. The van der Waals surface area contributed by atoms with Gasteiger partial charge in [-0.25, -0.2) is 9.97 Å². The van der Waals surface area contributed by atoms with E-state index in [1.807, 2.05) is 24.3 Å². The van der Waals surface area contributed by atoms with Crippen molar-refractivity contribution < 1.29 is 9.59 Å². The summed E-state index contributed by atoms with van der Waals surface area (Å²) in [7, 11) is 1.75. The molecule has 2 heterocycles. The molecule has 7 nitrogen and oxygen atoms in total. The van der Waals surface area contributed by atoms with Crippen LogP contribution >= 0.6 is 0 Å². The van der Waals surface area contributed by atoms with Crippen molar-refractivity contribution >= 4 is 22.7 Å². The van der Waals surface area contributed by atoms with E-state index in [1.165, 1.54) is 6.33 Å². The van der Waals surface area contributed by atoms with E-state index < -0.39 is 11.8 Å². The maximum Gasteiger partial charge on any atom is 0.289 e. The van der Waals surface area contributed by atoms with Gasteiger partial charge >= 0.3 is 0 Å². The summed E-state index contributed by atoms with van der Waals surface area (Å²) in [6.07, 6.45) is 3.05. The van der Waals surface area contributed by atoms with Gasteiger partial charge in [0.15, 0.2) is 0 Å². The first kappa shape index (κ1) is 13.7. The lowest BCUT2D eigenvalue weighted by molar-refractivity contribution is 0.0841. The van der Waals surface area contributed by atoms with E-state index in [0.29, 0.717) is 5.52 Å². The summed E-state index contributed by atoms with van der Waals surface area (Å²) in [6, 6.07) is 10.9. The summed E-state index contributed by atoms with van der Waals surface area (Å²) in [5, 5.41) is 0.941. The van der Waals surface area contributed by atoms with Gasteiger partial charge in [-0.05, 0) is 12.1 Å². The summed E-state index contributed by atoms with van der Waals surface area (Å²) in [5.74, 6) is -0.982. The Morgan fingerprint density at radius 1 is 1.00 bits per heavy atom. The summed E-state index contributed by atoms with van der Waals surface area (Å²) in [5.41, 5.74) is 5.78. The van der Waals surface area contributed by atoms with Crippen LogP contribution in [-0.2, 0) is 7.05 Å². The van der Waals surface area contributed by atoms with Crippen LogP contribution in [0.2, 0.25) is 0 Å². The molecule has 0 bridgehead atoms. The molecule has 2 aromatic heterocycles. The monoisotopic (exact) mass is 295 g/mol. The topological polar surface area (TPSA) is 88.9 Å². The van der Waals surface area contributed by atoms with Crippen molar-refractivity contribution in [2.75, 3.05) is 0 Å². The number of aryl methyl sites for hydroxylation is 1. The number of nitrogens with one attached hydrogen (secondary N) is 2. The second-order valence-electron chi connectivity index (χ2n) is 4.72. The molecule has 0 aliphatic heterocycles. The minimum absolute atomic E-state index is 0.217. The summed E-state index contributed by atoms with van der Waals surface area (Å²) in [6.45, 7) is 0. The van der Waals surface area contributed by atoms with Crippen LogP contribution in [0, 0.1) is 0 Å². The molecule has 0 aliphatic carbocycles. The van der Waals surface area contributed by atoms with Crippen LogP contribution in [0.5, 0.6) is 0 Å². The number of imidazole rings is 1. The number of hydrogen-bond donors (Lipinski definition) is 2. The Hall–Kier alpha value is -3.22. The molecular formula is C15H13N5O2. The van der Waals surface area contributed by atoms with E-state index in [4.69, 9.17) is 0 Å². The molecule has 0 saturated carbocycles. The molecule has 3 aromatic rings. The smallest absolute Gasteiger partial charge is 0.289 e. The van der Waals surface area contributed by atoms with E-state index in [1.54, 1.807) is 29.9 Å². The van der Waals surface area contributed by atoms with Crippen LogP contribution in [0.4, 0.5) is 0 Å². The normalized spacial score (nSPS) is 10.4. The van der Waals surface area contributed by atoms with Gasteiger partial charge in [0.2, 0.25) is 0 Å². The van der Waals surface area contributed by atoms with Gasteiger partial charge in [-0.3, -0.25) is 20.4 Å². The molecule has 0 aliphatic rings. The maximum absolute atomic E-state index is 12.0. The Morgan fingerprint density at radius 2 is 1.73 bits per heavy atom. The van der Waals surface area contributed by atoms with Gasteiger partial charge in [-0.2, -0.15) is 0 Å². The molecule has 7 heteroatoms. The molecule has 1 aromatic carbocycles. The number of fused-ring (bicyclic) bond motifs is 1. The van der Waals surface area contributed by atoms with Gasteiger partial charge in [0.1, 0.15) is 11.4 Å². The molecule has 0 unspecified atom stereocenters. The van der Waals surface area contributed by atoms with Crippen molar-refractivity contribution in [1.29, 1.82) is 0 Å². The molecule has 0 fully saturated rings. The van der Waals surface area contributed by atoms with Gasteiger partial charge in [0.25, 0.3) is 11.8 Å². The number of pyridine rings is 1. The van der Waals surface area contributed by atoms with Gasteiger partial charge in [-0.15, -0.1) is 0 Å². The van der Waals surface area contributed by atoms with Gasteiger partial charge in [-0.1, -0.05) is 24.3 Å². The van der Waals surface area contributed by atoms with Gasteiger partial charge in [0.05, 0.1) is 11.8 Å². The maximum atomic E-state index is 12.0. The Balaban J connectivity index is 1.69. The number of hydrogen-bond acceptors (Lipinski definition) is 4. The van der Waals surface area contributed by atoms with E-state index in [2.05, 4.69) is 20.8 Å². The van der Waals surface area contributed by atoms with Crippen molar-refractivity contribution in [2.24, 2.45) is 7.05 Å². The number of amides is 2. The Labute approximate surface area is 126 Å². The van der Waals surface area contributed by atoms with E-state index >= 15 is 0 Å². The second-order valence-corrected chi connectivity index (χ2v) is 4.72. The molecule has 0 atom stereocenters. The highest BCUT2D eigenvalue weighted by atomic mass is 16.2. The van der Waals surface area contributed by atoms with Crippen molar-refractivity contribution in [3.8, 4) is 0 Å². The highest BCUT2D eigenvalue weighted by Gasteiger charge is 2.12. The fourth-order valence-corrected chi connectivity index (χ4v) is 1.96. The lowest BCUT2D eigenvalue weighted by atomic mass is 10.2. The number of rotatable bonds is 2. The van der Waals surface area contributed by atoms with Crippen molar-refractivity contribution in [3.05, 3.63) is 60.3 Å². The fraction of sp³-hybridized carbons (Fsp3) is 0.0667. The molecule has 2 N–H and O–H groups in total. The zero-order chi connectivity index (χ0) is 15.5. The lowest BCUT2D eigenvalue weighted by Crippen LogP contribution is -2.42. The van der Waals surface area contributed by atoms with Crippen LogP contribution in [0.15, 0.2) is 48.9 Å². The predicted molar refractivity (Wildman–Crippen MR) is 79.9 cm³/mol. The first-order valence-corrected chi connectivity index (χ1v) is 6.58. The zero-order valence-electron chi connectivity index (χ0n) is 11.8. The third kappa shape index (κ3) is 2.78. The van der Waals surface area contributed by atoms with Crippen LogP contribution in [0.1, 0.15) is 21.0 Å². The van der Waals surface area contributed by atoms with Crippen molar-refractivity contribution in [1.82, 2.24) is 25.4 Å². The SMILES string of the molecule is Cn1cnc(C(=O)NNC(=O)c2ccc3ccccc3n2)c1. The molecule has 0 spiro atoms. The molecule has 0 saturated heterocycles. The summed E-state index contributed by atoms with van der Waals surface area (Å²) in [4.78, 5) is 31.9. The van der Waals surface area contributed by atoms with Crippen LogP contribution < -0.4 is 10.9 Å². The van der Waals surface area contributed by atoms with Crippen molar-refractivity contribution in [3.63, 3.8) is 0 Å². The zero-order valence-corrected chi connectivity index (χ0v) is 11.8. The molecule has 2 amide bonds. The van der Waals surface area contributed by atoms with Crippen LogP contribution in [0.3, 0.4) is 0 Å². The van der Waals surface area contributed by atoms with Gasteiger partial charge in [0, 0.05) is 18.6 Å². The fourth-order valence-electron chi connectivity index (χ4n) is 1.96.